The first kappa shape index (κ1) is 18.8. The van der Waals surface area contributed by atoms with E-state index in [1.54, 1.807) is 23.7 Å². The summed E-state index contributed by atoms with van der Waals surface area (Å²) < 4.78 is 1.86. The second kappa shape index (κ2) is 7.10. The maximum Gasteiger partial charge on any atom is 0.258 e. The van der Waals surface area contributed by atoms with Gasteiger partial charge in [0.15, 0.2) is 10.8 Å². The van der Waals surface area contributed by atoms with Gasteiger partial charge in [0.1, 0.15) is 0 Å². The Bertz CT molecular complexity index is 1180. The number of anilines is 1. The Kier molecular flexibility index (Phi) is 4.76. The summed E-state index contributed by atoms with van der Waals surface area (Å²) in [4.78, 5) is 25.6. The van der Waals surface area contributed by atoms with Gasteiger partial charge in [-0.15, -0.1) is 22.7 Å². The van der Waals surface area contributed by atoms with Crippen molar-refractivity contribution in [3.05, 3.63) is 44.7 Å². The van der Waals surface area contributed by atoms with Crippen molar-refractivity contribution in [1.29, 1.82) is 0 Å². The fourth-order valence-corrected chi connectivity index (χ4v) is 4.78. The van der Waals surface area contributed by atoms with E-state index in [1.807, 2.05) is 17.7 Å². The number of aryl methyl sites for hydroxylation is 3. The van der Waals surface area contributed by atoms with Gasteiger partial charge in [-0.05, 0) is 46.8 Å². The van der Waals surface area contributed by atoms with Gasteiger partial charge >= 0.3 is 0 Å². The average Bonchev–Trinajstić information content (AvgIpc) is 3.32. The lowest BCUT2D eigenvalue weighted by atomic mass is 10.1. The molecule has 4 heterocycles. The number of nitrogens with one attached hydrogen (secondary N) is 1. The van der Waals surface area contributed by atoms with Crippen LogP contribution in [0.15, 0.2) is 24.5 Å². The monoisotopic (exact) mass is 411 g/mol. The van der Waals surface area contributed by atoms with Gasteiger partial charge < -0.3 is 0 Å². The fourth-order valence-electron chi connectivity index (χ4n) is 3.18. The van der Waals surface area contributed by atoms with Crippen LogP contribution in [0.1, 0.15) is 44.9 Å². The third-order valence-corrected chi connectivity index (χ3v) is 6.25. The highest BCUT2D eigenvalue weighted by atomic mass is 32.1. The zero-order valence-corrected chi connectivity index (χ0v) is 18.0. The third kappa shape index (κ3) is 3.33. The van der Waals surface area contributed by atoms with Crippen LogP contribution in [-0.4, -0.2) is 25.7 Å². The maximum absolute atomic E-state index is 13.1. The Morgan fingerprint density at radius 3 is 2.50 bits per heavy atom. The molecule has 4 aromatic rings. The molecule has 0 aromatic carbocycles. The number of aromatic nitrogens is 4. The summed E-state index contributed by atoms with van der Waals surface area (Å²) in [5.41, 5.74) is 3.12. The summed E-state index contributed by atoms with van der Waals surface area (Å²) in [7, 11) is 0. The number of hydrogen-bond donors (Lipinski definition) is 1. The minimum Gasteiger partial charge on any atom is -0.298 e. The molecule has 28 heavy (non-hydrogen) atoms. The summed E-state index contributed by atoms with van der Waals surface area (Å²) in [6.45, 7) is 10.2. The molecule has 0 saturated carbocycles. The molecule has 0 unspecified atom stereocenters. The van der Waals surface area contributed by atoms with Gasteiger partial charge in [0.05, 0.1) is 22.8 Å². The lowest BCUT2D eigenvalue weighted by Gasteiger charge is -2.10. The Balaban J connectivity index is 1.88. The molecular weight excluding hydrogens is 390 g/mol. The molecule has 0 radical (unpaired) electrons. The first-order valence-electron chi connectivity index (χ1n) is 9.03. The largest absolute Gasteiger partial charge is 0.298 e. The number of amides is 1. The van der Waals surface area contributed by atoms with Gasteiger partial charge in [-0.3, -0.25) is 10.1 Å². The molecule has 0 fully saturated rings. The number of rotatable bonds is 4. The van der Waals surface area contributed by atoms with Crippen LogP contribution in [0.3, 0.4) is 0 Å². The van der Waals surface area contributed by atoms with E-state index in [0.717, 1.165) is 27.2 Å². The molecule has 0 aliphatic rings. The van der Waals surface area contributed by atoms with Crippen molar-refractivity contribution in [1.82, 2.24) is 19.7 Å². The zero-order chi connectivity index (χ0) is 20.0. The van der Waals surface area contributed by atoms with Crippen molar-refractivity contribution in [3.8, 4) is 11.3 Å². The molecule has 0 saturated heterocycles. The van der Waals surface area contributed by atoms with Crippen molar-refractivity contribution < 1.29 is 4.79 Å². The predicted molar refractivity (Wildman–Crippen MR) is 116 cm³/mol. The van der Waals surface area contributed by atoms with Crippen molar-refractivity contribution in [2.75, 3.05) is 5.32 Å². The summed E-state index contributed by atoms with van der Waals surface area (Å²) in [6, 6.07) is 4.12. The second-order valence-corrected chi connectivity index (χ2v) is 9.73. The van der Waals surface area contributed by atoms with E-state index in [1.165, 1.54) is 21.1 Å². The summed E-state index contributed by atoms with van der Waals surface area (Å²) >= 11 is 3.19. The van der Waals surface area contributed by atoms with Crippen molar-refractivity contribution in [2.45, 2.75) is 40.7 Å². The van der Waals surface area contributed by atoms with Crippen LogP contribution in [0, 0.1) is 20.8 Å². The Morgan fingerprint density at radius 2 is 1.89 bits per heavy atom. The number of hydrogen-bond acceptors (Lipinski definition) is 6. The Labute approximate surface area is 171 Å². The van der Waals surface area contributed by atoms with E-state index < -0.39 is 0 Å². The molecule has 0 spiro atoms. The van der Waals surface area contributed by atoms with Crippen molar-refractivity contribution in [3.63, 3.8) is 0 Å². The molecule has 6 nitrogen and oxygen atoms in total. The quantitative estimate of drug-likeness (QED) is 0.490. The number of thiophene rings is 1. The second-order valence-electron chi connectivity index (χ2n) is 7.03. The molecule has 1 N–H and O–H groups in total. The first-order chi connectivity index (χ1) is 13.3. The van der Waals surface area contributed by atoms with Gasteiger partial charge in [-0.25, -0.2) is 14.6 Å². The number of nitrogens with zero attached hydrogens (tertiary/aromatic N) is 4. The van der Waals surface area contributed by atoms with Gasteiger partial charge in [0, 0.05) is 32.4 Å². The van der Waals surface area contributed by atoms with Gasteiger partial charge in [-0.1, -0.05) is 0 Å². The minimum absolute atomic E-state index is 0.142. The Morgan fingerprint density at radius 1 is 1.11 bits per heavy atom. The SMILES string of the molecule is Cc1cnc(NC(=O)c2cc(-c3cc(C)sc3C)nc3c2cnn3C(C)C)s1. The van der Waals surface area contributed by atoms with E-state index in [4.69, 9.17) is 4.98 Å². The van der Waals surface area contributed by atoms with Crippen LogP contribution in [-0.2, 0) is 0 Å². The number of carbonyl (C=O) groups excluding carboxylic acids is 1. The summed E-state index contributed by atoms with van der Waals surface area (Å²) in [5.74, 6) is -0.198. The highest BCUT2D eigenvalue weighted by Crippen LogP contribution is 2.33. The van der Waals surface area contributed by atoms with E-state index in [-0.39, 0.29) is 11.9 Å². The number of pyridine rings is 1. The van der Waals surface area contributed by atoms with Crippen LogP contribution in [0.4, 0.5) is 5.13 Å². The average molecular weight is 412 g/mol. The topological polar surface area (TPSA) is 72.7 Å². The number of thiazole rings is 1. The molecule has 0 aliphatic heterocycles. The highest BCUT2D eigenvalue weighted by molar-refractivity contribution is 7.15. The summed E-state index contributed by atoms with van der Waals surface area (Å²) in [5, 5.41) is 8.72. The third-order valence-electron chi connectivity index (χ3n) is 4.46. The molecule has 8 heteroatoms. The molecule has 4 rings (SSSR count). The Hall–Kier alpha value is -2.58. The molecule has 4 aromatic heterocycles. The molecule has 0 bridgehead atoms. The van der Waals surface area contributed by atoms with Crippen molar-refractivity contribution >= 4 is 44.7 Å². The van der Waals surface area contributed by atoms with Crippen molar-refractivity contribution in [2.24, 2.45) is 0 Å². The lowest BCUT2D eigenvalue weighted by molar-refractivity contribution is 0.102. The van der Waals surface area contributed by atoms with E-state index in [2.05, 4.69) is 49.2 Å². The fraction of sp³-hybridized carbons (Fsp3) is 0.300. The molecular formula is C20H21N5OS2. The molecule has 0 atom stereocenters. The predicted octanol–water partition coefficient (Wildman–Crippen LogP) is 5.37. The number of fused-ring (bicyclic) bond motifs is 1. The number of carbonyl (C=O) groups is 1. The summed E-state index contributed by atoms with van der Waals surface area (Å²) in [6.07, 6.45) is 3.47. The molecule has 144 valence electrons. The van der Waals surface area contributed by atoms with Crippen LogP contribution in [0.2, 0.25) is 0 Å². The van der Waals surface area contributed by atoms with E-state index in [9.17, 15) is 4.79 Å². The zero-order valence-electron chi connectivity index (χ0n) is 16.4. The lowest BCUT2D eigenvalue weighted by Crippen LogP contribution is -2.13. The van der Waals surface area contributed by atoms with E-state index in [0.29, 0.717) is 10.7 Å². The highest BCUT2D eigenvalue weighted by Gasteiger charge is 2.20. The minimum atomic E-state index is -0.198. The van der Waals surface area contributed by atoms with Crippen LogP contribution >= 0.6 is 22.7 Å². The molecule has 0 aliphatic carbocycles. The maximum atomic E-state index is 13.1. The van der Waals surface area contributed by atoms with E-state index >= 15 is 0 Å². The molecule has 1 amide bonds. The first-order valence-corrected chi connectivity index (χ1v) is 10.7. The van der Waals surface area contributed by atoms with Gasteiger partial charge in [-0.2, -0.15) is 5.10 Å². The van der Waals surface area contributed by atoms with Crippen LogP contribution in [0.5, 0.6) is 0 Å². The van der Waals surface area contributed by atoms with Gasteiger partial charge in [0.25, 0.3) is 5.91 Å². The van der Waals surface area contributed by atoms with Gasteiger partial charge in [0.2, 0.25) is 0 Å². The normalized spacial score (nSPS) is 11.5. The smallest absolute Gasteiger partial charge is 0.258 e. The van der Waals surface area contributed by atoms with Crippen LogP contribution < -0.4 is 5.32 Å². The van der Waals surface area contributed by atoms with Crippen LogP contribution in [0.25, 0.3) is 22.3 Å². The standard InChI is InChI=1S/C20H21N5OS2/c1-10(2)25-18-16(9-22-25)15(19(26)24-20-21-8-12(4)28-20)7-17(23-18)14-6-11(3)27-13(14)5/h6-10H,1-5H3,(H,21,24,26).